The number of benzene rings is 6. The minimum absolute atomic E-state index is 0.102. The molecule has 0 atom stereocenters. The van der Waals surface area contributed by atoms with Crippen LogP contribution in [0.25, 0.3) is 90.6 Å². The molecule has 5 heterocycles. The van der Waals surface area contributed by atoms with E-state index in [4.69, 9.17) is 26.6 Å². The van der Waals surface area contributed by atoms with E-state index in [-0.39, 0.29) is 16.1 Å². The number of fused-ring (bicyclic) bond motifs is 10. The van der Waals surface area contributed by atoms with Crippen LogP contribution < -0.4 is 0 Å². The van der Waals surface area contributed by atoms with Gasteiger partial charge in [0.15, 0.2) is 11.6 Å². The summed E-state index contributed by atoms with van der Waals surface area (Å²) >= 11 is 5.99. The van der Waals surface area contributed by atoms with Gasteiger partial charge in [0.25, 0.3) is 0 Å². The second-order valence-electron chi connectivity index (χ2n) is 19.5. The summed E-state index contributed by atoms with van der Waals surface area (Å²) < 4.78 is 2.12. The van der Waals surface area contributed by atoms with Gasteiger partial charge in [-0.2, -0.15) is 9.97 Å². The van der Waals surface area contributed by atoms with Crippen LogP contribution in [0.2, 0.25) is 5.28 Å². The Bertz CT molecular complexity index is 3770. The van der Waals surface area contributed by atoms with Crippen LogP contribution in [0.1, 0.15) is 61.2 Å². The Balaban J connectivity index is 0.000000123. The Morgan fingerprint density at radius 1 is 0.466 bits per heavy atom. The fourth-order valence-electron chi connectivity index (χ4n) is 10.9. The molecule has 0 N–H and O–H groups in total. The van der Waals surface area contributed by atoms with Crippen LogP contribution in [0, 0.1) is 0 Å². The van der Waals surface area contributed by atoms with Crippen molar-refractivity contribution in [3.05, 3.63) is 245 Å². The highest BCUT2D eigenvalue weighted by Gasteiger charge is 2.40. The van der Waals surface area contributed by atoms with E-state index in [1.165, 1.54) is 50.1 Å². The van der Waals surface area contributed by atoms with E-state index >= 15 is 0 Å². The summed E-state index contributed by atoms with van der Waals surface area (Å²) in [5, 5.41) is 0.202. The molecule has 0 bridgehead atoms. The van der Waals surface area contributed by atoms with E-state index in [9.17, 15) is 0 Å². The van der Waals surface area contributed by atoms with Gasteiger partial charge in [0.05, 0.1) is 28.1 Å². The molecule has 0 unspecified atom stereocenters. The number of hydrogen-bond donors (Lipinski definition) is 0. The third kappa shape index (κ3) is 8.20. The van der Waals surface area contributed by atoms with Crippen LogP contribution in [-0.4, -0.2) is 39.5 Å². The van der Waals surface area contributed by atoms with Crippen LogP contribution >= 0.6 is 11.6 Å². The molecule has 0 saturated heterocycles. The van der Waals surface area contributed by atoms with Crippen molar-refractivity contribution >= 4 is 28.7 Å². The summed E-state index contributed by atoms with van der Waals surface area (Å²) in [4.78, 5) is 32.4. The van der Waals surface area contributed by atoms with Gasteiger partial charge in [-0.05, 0) is 75.2 Å². The van der Waals surface area contributed by atoms with E-state index in [1.807, 2.05) is 103 Å². The van der Waals surface area contributed by atoms with Gasteiger partial charge in [-0.15, -0.1) is 0 Å². The molecular formula is C64H49ClN8. The quantitative estimate of drug-likeness (QED) is 0.170. The number of allylic oxidation sites excluding steroid dienone is 1. The van der Waals surface area contributed by atoms with Gasteiger partial charge >= 0.3 is 0 Å². The van der Waals surface area contributed by atoms with E-state index in [1.54, 1.807) is 0 Å². The molecule has 6 aromatic carbocycles. The van der Waals surface area contributed by atoms with Gasteiger partial charge in [0.1, 0.15) is 0 Å². The van der Waals surface area contributed by atoms with Gasteiger partial charge in [-0.3, -0.25) is 14.5 Å². The van der Waals surface area contributed by atoms with Crippen molar-refractivity contribution in [1.29, 1.82) is 0 Å². The minimum Gasteiger partial charge on any atom is -0.283 e. The molecule has 73 heavy (non-hydrogen) atoms. The molecule has 9 heteroatoms. The highest BCUT2D eigenvalue weighted by Crippen LogP contribution is 2.52. The van der Waals surface area contributed by atoms with Crippen molar-refractivity contribution in [2.24, 2.45) is 0 Å². The van der Waals surface area contributed by atoms with Crippen LogP contribution in [0.3, 0.4) is 0 Å². The summed E-state index contributed by atoms with van der Waals surface area (Å²) in [5.74, 6) is 1.81. The number of aromatic nitrogens is 8. The lowest BCUT2D eigenvalue weighted by Crippen LogP contribution is -2.17. The molecule has 3 aliphatic carbocycles. The van der Waals surface area contributed by atoms with Gasteiger partial charge in [0.2, 0.25) is 11.2 Å². The van der Waals surface area contributed by atoms with Crippen molar-refractivity contribution in [3.8, 4) is 73.5 Å². The van der Waals surface area contributed by atoms with Crippen molar-refractivity contribution in [1.82, 2.24) is 39.5 Å². The molecule has 0 saturated carbocycles. The normalized spacial score (nSPS) is 13.7. The highest BCUT2D eigenvalue weighted by molar-refractivity contribution is 6.28. The van der Waals surface area contributed by atoms with Gasteiger partial charge in [-0.25, -0.2) is 15.0 Å². The smallest absolute Gasteiger partial charge is 0.235 e. The van der Waals surface area contributed by atoms with Crippen LogP contribution in [-0.2, 0) is 17.3 Å². The molecule has 14 rings (SSSR count). The van der Waals surface area contributed by atoms with Crippen molar-refractivity contribution in [3.63, 3.8) is 0 Å². The first-order valence-corrected chi connectivity index (χ1v) is 24.9. The van der Waals surface area contributed by atoms with E-state index in [2.05, 4.69) is 162 Å². The number of nitrogens with zero attached hydrogens (tertiary/aromatic N) is 8. The minimum atomic E-state index is -0.164. The lowest BCUT2D eigenvalue weighted by molar-refractivity contribution is 0.653. The zero-order chi connectivity index (χ0) is 49.7. The average Bonchev–Trinajstić information content (AvgIpc) is 4.21. The molecule has 352 valence electrons. The van der Waals surface area contributed by atoms with E-state index in [0.717, 1.165) is 56.8 Å². The second-order valence-corrected chi connectivity index (χ2v) is 19.8. The van der Waals surface area contributed by atoms with Gasteiger partial charge < -0.3 is 0 Å². The largest absolute Gasteiger partial charge is 0.283 e. The Labute approximate surface area is 429 Å². The van der Waals surface area contributed by atoms with Crippen molar-refractivity contribution < 1.29 is 0 Å². The van der Waals surface area contributed by atoms with Gasteiger partial charge in [-0.1, -0.05) is 204 Å². The fraction of sp³-hybridized carbons (Fsp3) is 0.109. The van der Waals surface area contributed by atoms with Crippen LogP contribution in [0.5, 0.6) is 0 Å². The zero-order valence-electron chi connectivity index (χ0n) is 40.9. The first kappa shape index (κ1) is 45.4. The predicted molar refractivity (Wildman–Crippen MR) is 295 cm³/mol. The Morgan fingerprint density at radius 3 is 1.48 bits per heavy atom. The molecule has 0 fully saturated rings. The number of pyridine rings is 2. The number of halogens is 1. The SMILES string of the molecule is CC1(C)c2ccccc2-c2cnc3c(c21)CC=C3.CC1(C)c2ccccc2-c2cnc3ccn(-c4nc(-c5ccccc5)cc(-c5ccccc5)n4)c3c21.Clc1nc(-c2ccccc2)nc(-c2ccccc2)n1. The average molecular weight is 966 g/mol. The predicted octanol–water partition coefficient (Wildman–Crippen LogP) is 15.3. The van der Waals surface area contributed by atoms with E-state index < -0.39 is 0 Å². The second kappa shape index (κ2) is 18.5. The summed E-state index contributed by atoms with van der Waals surface area (Å²) in [6.45, 7) is 9.25. The summed E-state index contributed by atoms with van der Waals surface area (Å²) in [6, 6.07) is 61.5. The highest BCUT2D eigenvalue weighted by atomic mass is 35.5. The van der Waals surface area contributed by atoms with Gasteiger partial charge in [0, 0.05) is 62.8 Å². The summed E-state index contributed by atoms with van der Waals surface area (Å²) in [6.07, 6.45) is 11.5. The maximum absolute atomic E-state index is 5.99. The Kier molecular flexibility index (Phi) is 11.5. The van der Waals surface area contributed by atoms with Crippen LogP contribution in [0.15, 0.2) is 207 Å². The topological polar surface area (TPSA) is 95.2 Å². The molecule has 0 spiro atoms. The van der Waals surface area contributed by atoms with Crippen molar-refractivity contribution in [2.75, 3.05) is 0 Å². The lowest BCUT2D eigenvalue weighted by Gasteiger charge is -2.23. The summed E-state index contributed by atoms with van der Waals surface area (Å²) in [7, 11) is 0. The van der Waals surface area contributed by atoms with Crippen molar-refractivity contribution in [2.45, 2.75) is 44.9 Å². The maximum atomic E-state index is 5.99. The molecule has 8 nitrogen and oxygen atoms in total. The first-order chi connectivity index (χ1) is 35.6. The number of rotatable bonds is 5. The van der Waals surface area contributed by atoms with E-state index in [0.29, 0.717) is 17.6 Å². The zero-order valence-corrected chi connectivity index (χ0v) is 41.6. The standard InChI is InChI=1S/C32H24N4.C17H15N.C15H10ClN3/c1-32(2)25-16-10-9-15-23(25)24-20-33-26-17-18-36(30(26)29(24)32)31-34-27(21-11-5-3-6-12-21)19-28(35-31)22-13-7-4-8-14-22;1-17(2)14-8-4-3-6-11(14)13-10-18-15-9-5-7-12(15)16(13)17;16-15-18-13(11-7-3-1-4-8-11)17-14(19-15)12-9-5-2-6-10-12/h3-20H,1-2H3;3-6,8-10H,7H2,1-2H3;1-10H. The lowest BCUT2D eigenvalue weighted by atomic mass is 9.80. The third-order valence-corrected chi connectivity index (χ3v) is 14.5. The van der Waals surface area contributed by atoms with Crippen LogP contribution in [0.4, 0.5) is 0 Å². The third-order valence-electron chi connectivity index (χ3n) is 14.3. The summed E-state index contributed by atoms with van der Waals surface area (Å²) in [5.41, 5.74) is 20.9. The molecular weight excluding hydrogens is 916 g/mol. The molecule has 11 aromatic rings. The molecule has 0 radical (unpaired) electrons. The monoisotopic (exact) mass is 964 g/mol. The molecule has 0 amide bonds. The Morgan fingerprint density at radius 2 is 0.932 bits per heavy atom. The molecule has 3 aliphatic rings. The Hall–Kier alpha value is -8.72. The molecule has 5 aromatic heterocycles. The molecule has 0 aliphatic heterocycles. The maximum Gasteiger partial charge on any atom is 0.235 e. The fourth-order valence-corrected chi connectivity index (χ4v) is 11.0. The number of hydrogen-bond acceptors (Lipinski definition) is 7. The first-order valence-electron chi connectivity index (χ1n) is 24.6.